The Morgan fingerprint density at radius 3 is 3.14 bits per heavy atom. The summed E-state index contributed by atoms with van der Waals surface area (Å²) < 4.78 is 7.59. The molecule has 0 bridgehead atoms. The van der Waals surface area contributed by atoms with Crippen molar-refractivity contribution in [2.75, 3.05) is 6.61 Å². The number of ether oxygens (including phenoxy) is 1. The standard InChI is InChI=1S/C15H16N4O2S/c1-9-11(8-17-19(9)2)13-12(3-5-21-13)18-15(20)14-10(7-16)4-6-22-14/h4,6,8,12-13H,3,5H2,1-2H3,(H,18,20)/t12-,13+/m0/s1. The van der Waals surface area contributed by atoms with Crippen molar-refractivity contribution >= 4 is 17.2 Å². The molecule has 7 heteroatoms. The highest BCUT2D eigenvalue weighted by atomic mass is 32.1. The molecule has 22 heavy (non-hydrogen) atoms. The molecular weight excluding hydrogens is 300 g/mol. The number of aryl methyl sites for hydroxylation is 1. The maximum absolute atomic E-state index is 12.4. The topological polar surface area (TPSA) is 79.9 Å². The summed E-state index contributed by atoms with van der Waals surface area (Å²) in [4.78, 5) is 12.8. The third kappa shape index (κ3) is 2.51. The van der Waals surface area contributed by atoms with Gasteiger partial charge in [0.1, 0.15) is 17.1 Å². The number of rotatable bonds is 3. The summed E-state index contributed by atoms with van der Waals surface area (Å²) in [5.74, 6) is -0.214. The molecule has 3 rings (SSSR count). The first-order chi connectivity index (χ1) is 10.6. The summed E-state index contributed by atoms with van der Waals surface area (Å²) >= 11 is 1.28. The van der Waals surface area contributed by atoms with Crippen LogP contribution in [0, 0.1) is 18.3 Å². The first-order valence-electron chi connectivity index (χ1n) is 7.00. The van der Waals surface area contributed by atoms with Gasteiger partial charge in [0.15, 0.2) is 0 Å². The van der Waals surface area contributed by atoms with Crippen LogP contribution >= 0.6 is 11.3 Å². The van der Waals surface area contributed by atoms with Crippen molar-refractivity contribution in [2.24, 2.45) is 7.05 Å². The third-order valence-electron chi connectivity index (χ3n) is 3.98. The lowest BCUT2D eigenvalue weighted by Gasteiger charge is -2.19. The Balaban J connectivity index is 1.78. The molecule has 0 aromatic carbocycles. The molecule has 0 radical (unpaired) electrons. The van der Waals surface area contributed by atoms with Gasteiger partial charge in [-0.1, -0.05) is 0 Å². The van der Waals surface area contributed by atoms with Crippen molar-refractivity contribution in [3.8, 4) is 6.07 Å². The van der Waals surface area contributed by atoms with Gasteiger partial charge in [-0.2, -0.15) is 10.4 Å². The van der Waals surface area contributed by atoms with E-state index in [9.17, 15) is 4.79 Å². The van der Waals surface area contributed by atoms with E-state index >= 15 is 0 Å². The van der Waals surface area contributed by atoms with Gasteiger partial charge in [-0.05, 0) is 24.8 Å². The zero-order valence-electron chi connectivity index (χ0n) is 12.4. The lowest BCUT2D eigenvalue weighted by atomic mass is 10.0. The highest BCUT2D eigenvalue weighted by Gasteiger charge is 2.33. The second-order valence-corrected chi connectivity index (χ2v) is 6.16. The number of nitrogens with one attached hydrogen (secondary N) is 1. The van der Waals surface area contributed by atoms with E-state index in [-0.39, 0.29) is 18.1 Å². The van der Waals surface area contributed by atoms with Crippen molar-refractivity contribution in [2.45, 2.75) is 25.5 Å². The molecule has 0 aliphatic carbocycles. The monoisotopic (exact) mass is 316 g/mol. The Kier molecular flexibility index (Phi) is 3.96. The quantitative estimate of drug-likeness (QED) is 0.938. The molecule has 1 fully saturated rings. The van der Waals surface area contributed by atoms with E-state index in [0.29, 0.717) is 17.0 Å². The van der Waals surface area contributed by atoms with Crippen molar-refractivity contribution in [1.29, 1.82) is 5.26 Å². The van der Waals surface area contributed by atoms with Crippen molar-refractivity contribution < 1.29 is 9.53 Å². The number of hydrogen-bond acceptors (Lipinski definition) is 5. The van der Waals surface area contributed by atoms with Gasteiger partial charge in [0.25, 0.3) is 5.91 Å². The van der Waals surface area contributed by atoms with E-state index in [0.717, 1.165) is 17.7 Å². The highest BCUT2D eigenvalue weighted by Crippen LogP contribution is 2.31. The predicted octanol–water partition coefficient (Wildman–Crippen LogP) is 1.92. The fourth-order valence-electron chi connectivity index (χ4n) is 2.65. The lowest BCUT2D eigenvalue weighted by molar-refractivity contribution is 0.0822. The molecule has 1 saturated heterocycles. The Morgan fingerprint density at radius 2 is 2.45 bits per heavy atom. The maximum atomic E-state index is 12.4. The summed E-state index contributed by atoms with van der Waals surface area (Å²) in [6, 6.07) is 3.59. The van der Waals surface area contributed by atoms with Crippen LogP contribution in [0.2, 0.25) is 0 Å². The molecule has 2 aromatic rings. The molecule has 1 amide bonds. The summed E-state index contributed by atoms with van der Waals surface area (Å²) in [5, 5.41) is 18.0. The zero-order valence-corrected chi connectivity index (χ0v) is 13.2. The largest absolute Gasteiger partial charge is 0.371 e. The minimum atomic E-state index is -0.214. The van der Waals surface area contributed by atoms with Crippen LogP contribution in [-0.2, 0) is 11.8 Å². The van der Waals surface area contributed by atoms with Gasteiger partial charge in [0.2, 0.25) is 0 Å². The van der Waals surface area contributed by atoms with Crippen LogP contribution in [0.15, 0.2) is 17.6 Å². The van der Waals surface area contributed by atoms with E-state index in [1.54, 1.807) is 22.3 Å². The number of carbonyl (C=O) groups is 1. The van der Waals surface area contributed by atoms with Crippen LogP contribution in [0.3, 0.4) is 0 Å². The van der Waals surface area contributed by atoms with Gasteiger partial charge in [0.05, 0.1) is 17.8 Å². The molecule has 1 aliphatic rings. The van der Waals surface area contributed by atoms with Crippen LogP contribution in [0.1, 0.15) is 39.0 Å². The summed E-state index contributed by atoms with van der Waals surface area (Å²) in [5.41, 5.74) is 2.44. The van der Waals surface area contributed by atoms with E-state index in [2.05, 4.69) is 10.4 Å². The number of nitrogens with zero attached hydrogens (tertiary/aromatic N) is 3. The number of carbonyl (C=O) groups excluding carboxylic acids is 1. The minimum absolute atomic E-state index is 0.107. The molecule has 0 spiro atoms. The van der Waals surface area contributed by atoms with Gasteiger partial charge in [-0.3, -0.25) is 9.48 Å². The average Bonchev–Trinajstić information content (AvgIpc) is 3.21. The number of amides is 1. The van der Waals surface area contributed by atoms with Gasteiger partial charge in [-0.25, -0.2) is 0 Å². The normalized spacial score (nSPS) is 20.8. The van der Waals surface area contributed by atoms with Crippen LogP contribution in [0.5, 0.6) is 0 Å². The summed E-state index contributed by atoms with van der Waals surface area (Å²) in [7, 11) is 1.88. The third-order valence-corrected chi connectivity index (χ3v) is 4.89. The second kappa shape index (κ2) is 5.91. The van der Waals surface area contributed by atoms with Gasteiger partial charge < -0.3 is 10.1 Å². The van der Waals surface area contributed by atoms with Crippen molar-refractivity contribution in [3.05, 3.63) is 39.3 Å². The molecule has 3 heterocycles. The molecular formula is C15H16N4O2S. The fraction of sp³-hybridized carbons (Fsp3) is 0.400. The average molecular weight is 316 g/mol. The Bertz CT molecular complexity index is 743. The molecule has 0 saturated carbocycles. The maximum Gasteiger partial charge on any atom is 0.263 e. The molecule has 2 atom stereocenters. The van der Waals surface area contributed by atoms with E-state index in [4.69, 9.17) is 10.00 Å². The summed E-state index contributed by atoms with van der Waals surface area (Å²) in [6.45, 7) is 2.58. The number of hydrogen-bond donors (Lipinski definition) is 1. The summed E-state index contributed by atoms with van der Waals surface area (Å²) in [6.07, 6.45) is 2.34. The molecule has 1 aliphatic heterocycles. The van der Waals surface area contributed by atoms with Crippen molar-refractivity contribution in [3.63, 3.8) is 0 Å². The van der Waals surface area contributed by atoms with Gasteiger partial charge in [0, 0.05) is 24.9 Å². The van der Waals surface area contributed by atoms with Crippen LogP contribution in [0.4, 0.5) is 0 Å². The SMILES string of the molecule is Cc1c([C@H]2OCC[C@@H]2NC(=O)c2sccc2C#N)cnn1C. The smallest absolute Gasteiger partial charge is 0.263 e. The minimum Gasteiger partial charge on any atom is -0.371 e. The van der Waals surface area contributed by atoms with Crippen LogP contribution in [0.25, 0.3) is 0 Å². The molecule has 1 N–H and O–H groups in total. The first kappa shape index (κ1) is 14.8. The highest BCUT2D eigenvalue weighted by molar-refractivity contribution is 7.12. The molecule has 114 valence electrons. The predicted molar refractivity (Wildman–Crippen MR) is 81.5 cm³/mol. The van der Waals surface area contributed by atoms with Crippen LogP contribution in [-0.4, -0.2) is 28.3 Å². The Morgan fingerprint density at radius 1 is 1.64 bits per heavy atom. The number of thiophene rings is 1. The van der Waals surface area contributed by atoms with E-state index in [1.807, 2.05) is 20.0 Å². The number of aromatic nitrogens is 2. The molecule has 0 unspecified atom stereocenters. The number of nitriles is 1. The van der Waals surface area contributed by atoms with Gasteiger partial charge in [-0.15, -0.1) is 11.3 Å². The zero-order chi connectivity index (χ0) is 15.7. The Labute approximate surface area is 132 Å². The fourth-order valence-corrected chi connectivity index (χ4v) is 3.39. The van der Waals surface area contributed by atoms with Gasteiger partial charge >= 0.3 is 0 Å². The first-order valence-corrected chi connectivity index (χ1v) is 7.88. The molecule has 6 nitrogen and oxygen atoms in total. The van der Waals surface area contributed by atoms with E-state index < -0.39 is 0 Å². The van der Waals surface area contributed by atoms with E-state index in [1.165, 1.54) is 11.3 Å². The Hall–Kier alpha value is -2.17. The lowest BCUT2D eigenvalue weighted by Crippen LogP contribution is -2.36. The second-order valence-electron chi connectivity index (χ2n) is 5.24. The van der Waals surface area contributed by atoms with Crippen LogP contribution < -0.4 is 5.32 Å². The van der Waals surface area contributed by atoms with Crippen molar-refractivity contribution in [1.82, 2.24) is 15.1 Å². The molecule has 2 aromatic heterocycles.